The van der Waals surface area contributed by atoms with E-state index in [-0.39, 0.29) is 11.8 Å². The quantitative estimate of drug-likeness (QED) is 0.460. The number of hydrogen-bond donors (Lipinski definition) is 0. The van der Waals surface area contributed by atoms with Gasteiger partial charge in [-0.25, -0.2) is 0 Å². The second kappa shape index (κ2) is 4.73. The Balaban J connectivity index is 4.05. The van der Waals surface area contributed by atoms with Gasteiger partial charge in [-0.1, -0.05) is 20.8 Å². The van der Waals surface area contributed by atoms with E-state index in [9.17, 15) is 4.79 Å². The third-order valence-corrected chi connectivity index (χ3v) is 1.69. The molecule has 0 rings (SSSR count). The molecule has 0 radical (unpaired) electrons. The van der Waals surface area contributed by atoms with Gasteiger partial charge in [0, 0.05) is 0 Å². The average Bonchev–Trinajstić information content (AvgIpc) is 1.88. The molecule has 0 heterocycles. The summed E-state index contributed by atoms with van der Waals surface area (Å²) in [6.45, 7) is 5.78. The van der Waals surface area contributed by atoms with Gasteiger partial charge in [-0.2, -0.15) is 0 Å². The molecule has 62 valence electrons. The summed E-state index contributed by atoms with van der Waals surface area (Å²) in [6, 6.07) is 0. The zero-order chi connectivity index (χ0) is 8.85. The van der Waals surface area contributed by atoms with Crippen LogP contribution in [0.15, 0.2) is 0 Å². The first-order valence-corrected chi connectivity index (χ1v) is 3.73. The van der Waals surface area contributed by atoms with Crippen molar-refractivity contribution in [2.75, 3.05) is 0 Å². The summed E-state index contributed by atoms with van der Waals surface area (Å²) in [5, 5.41) is 8.07. The van der Waals surface area contributed by atoms with E-state index in [2.05, 4.69) is 4.74 Å². The molecular weight excluding hydrogens is 142 g/mol. The van der Waals surface area contributed by atoms with Crippen LogP contribution in [0.1, 0.15) is 27.2 Å². The first-order chi connectivity index (χ1) is 5.13. The minimum absolute atomic E-state index is 0.144. The lowest BCUT2D eigenvalue weighted by Gasteiger charge is -2.13. The minimum atomic E-state index is -0.412. The van der Waals surface area contributed by atoms with Crippen molar-refractivity contribution in [3.8, 4) is 6.26 Å². The molecule has 0 aliphatic heterocycles. The number of rotatable bonds is 3. The Morgan fingerprint density at radius 1 is 1.64 bits per heavy atom. The van der Waals surface area contributed by atoms with E-state index >= 15 is 0 Å². The summed E-state index contributed by atoms with van der Waals surface area (Å²) in [7, 11) is 0. The van der Waals surface area contributed by atoms with Gasteiger partial charge in [0.2, 0.25) is 0 Å². The highest BCUT2D eigenvalue weighted by atomic mass is 16.5. The highest BCUT2D eigenvalue weighted by Crippen LogP contribution is 2.15. The average molecular weight is 155 g/mol. The number of carbonyl (C=O) groups excluding carboxylic acids is 1. The number of esters is 1. The Morgan fingerprint density at radius 3 is 2.45 bits per heavy atom. The van der Waals surface area contributed by atoms with Gasteiger partial charge in [0.05, 0.1) is 5.92 Å². The van der Waals surface area contributed by atoms with Crippen LogP contribution in [0.5, 0.6) is 0 Å². The predicted octanol–water partition coefficient (Wildman–Crippen LogP) is 1.69. The van der Waals surface area contributed by atoms with Crippen molar-refractivity contribution in [2.24, 2.45) is 11.8 Å². The fourth-order valence-electron chi connectivity index (χ4n) is 1.03. The second-order valence-electron chi connectivity index (χ2n) is 2.77. The van der Waals surface area contributed by atoms with Crippen molar-refractivity contribution in [3.05, 3.63) is 0 Å². The van der Waals surface area contributed by atoms with E-state index in [0.717, 1.165) is 6.42 Å². The van der Waals surface area contributed by atoms with Crippen molar-refractivity contribution >= 4 is 5.97 Å². The molecule has 1 atom stereocenters. The topological polar surface area (TPSA) is 50.1 Å². The van der Waals surface area contributed by atoms with E-state index in [4.69, 9.17) is 5.26 Å². The third kappa shape index (κ3) is 3.03. The molecule has 3 nitrogen and oxygen atoms in total. The molecule has 0 aromatic heterocycles. The van der Waals surface area contributed by atoms with E-state index in [1.165, 1.54) is 6.26 Å². The van der Waals surface area contributed by atoms with Crippen LogP contribution >= 0.6 is 0 Å². The van der Waals surface area contributed by atoms with Crippen LogP contribution in [0.3, 0.4) is 0 Å². The SMILES string of the molecule is CCC(C(=O)OC#N)C(C)C. The maximum Gasteiger partial charge on any atom is 0.324 e. The first-order valence-electron chi connectivity index (χ1n) is 3.73. The summed E-state index contributed by atoms with van der Waals surface area (Å²) in [6.07, 6.45) is 2.11. The third-order valence-electron chi connectivity index (χ3n) is 1.69. The minimum Gasteiger partial charge on any atom is -0.351 e. The van der Waals surface area contributed by atoms with Crippen LogP contribution in [0, 0.1) is 23.4 Å². The van der Waals surface area contributed by atoms with Crippen molar-refractivity contribution in [3.63, 3.8) is 0 Å². The van der Waals surface area contributed by atoms with Crippen LogP contribution in [-0.2, 0) is 9.53 Å². The van der Waals surface area contributed by atoms with Crippen LogP contribution < -0.4 is 0 Å². The number of ether oxygens (including phenoxy) is 1. The second-order valence-corrected chi connectivity index (χ2v) is 2.77. The maximum atomic E-state index is 11.0. The Labute approximate surface area is 67.0 Å². The molecule has 0 N–H and O–H groups in total. The molecule has 0 fully saturated rings. The van der Waals surface area contributed by atoms with Crippen LogP contribution in [0.25, 0.3) is 0 Å². The smallest absolute Gasteiger partial charge is 0.324 e. The van der Waals surface area contributed by atoms with Crippen molar-refractivity contribution in [2.45, 2.75) is 27.2 Å². The largest absolute Gasteiger partial charge is 0.351 e. The van der Waals surface area contributed by atoms with Crippen LogP contribution in [0.2, 0.25) is 0 Å². The van der Waals surface area contributed by atoms with E-state index < -0.39 is 5.97 Å². The molecule has 0 amide bonds. The maximum absolute atomic E-state index is 11.0. The fourth-order valence-corrected chi connectivity index (χ4v) is 1.03. The van der Waals surface area contributed by atoms with Gasteiger partial charge in [0.25, 0.3) is 6.26 Å². The van der Waals surface area contributed by atoms with Gasteiger partial charge >= 0.3 is 5.97 Å². The molecule has 0 aromatic rings. The lowest BCUT2D eigenvalue weighted by molar-refractivity contribution is -0.143. The summed E-state index contributed by atoms with van der Waals surface area (Å²) in [4.78, 5) is 11.0. The molecule has 0 aromatic carbocycles. The number of hydrogen-bond acceptors (Lipinski definition) is 3. The standard InChI is InChI=1S/C8H13NO2/c1-4-7(6(2)3)8(10)11-5-9/h6-7H,4H2,1-3H3. The monoisotopic (exact) mass is 155 g/mol. The van der Waals surface area contributed by atoms with Gasteiger partial charge in [-0.05, 0) is 12.3 Å². The lowest BCUT2D eigenvalue weighted by atomic mass is 9.94. The molecule has 0 aliphatic rings. The Morgan fingerprint density at radius 2 is 2.18 bits per heavy atom. The van der Waals surface area contributed by atoms with Crippen molar-refractivity contribution in [1.29, 1.82) is 5.26 Å². The van der Waals surface area contributed by atoms with E-state index in [1.54, 1.807) is 0 Å². The van der Waals surface area contributed by atoms with Crippen molar-refractivity contribution < 1.29 is 9.53 Å². The van der Waals surface area contributed by atoms with Crippen LogP contribution in [-0.4, -0.2) is 5.97 Å². The Kier molecular flexibility index (Phi) is 4.28. The highest BCUT2D eigenvalue weighted by molar-refractivity contribution is 5.73. The molecule has 0 saturated carbocycles. The highest BCUT2D eigenvalue weighted by Gasteiger charge is 2.21. The molecule has 0 spiro atoms. The lowest BCUT2D eigenvalue weighted by Crippen LogP contribution is -2.20. The molecular formula is C8H13NO2. The molecule has 0 saturated heterocycles. The molecule has 1 unspecified atom stereocenters. The predicted molar refractivity (Wildman–Crippen MR) is 40.3 cm³/mol. The van der Waals surface area contributed by atoms with Crippen LogP contribution in [0.4, 0.5) is 0 Å². The van der Waals surface area contributed by atoms with Gasteiger partial charge in [-0.15, -0.1) is 5.26 Å². The van der Waals surface area contributed by atoms with Gasteiger partial charge in [-0.3, -0.25) is 4.79 Å². The zero-order valence-corrected chi connectivity index (χ0v) is 7.13. The fraction of sp³-hybridized carbons (Fsp3) is 0.750. The molecule has 3 heteroatoms. The van der Waals surface area contributed by atoms with Crippen molar-refractivity contribution in [1.82, 2.24) is 0 Å². The van der Waals surface area contributed by atoms with E-state index in [0.29, 0.717) is 0 Å². The summed E-state index contributed by atoms with van der Waals surface area (Å²) < 4.78 is 4.22. The molecule has 0 aliphatic carbocycles. The number of nitriles is 1. The van der Waals surface area contributed by atoms with Gasteiger partial charge < -0.3 is 4.74 Å². The summed E-state index contributed by atoms with van der Waals surface area (Å²) >= 11 is 0. The summed E-state index contributed by atoms with van der Waals surface area (Å²) in [5.41, 5.74) is 0. The van der Waals surface area contributed by atoms with Gasteiger partial charge in [0.15, 0.2) is 0 Å². The number of nitrogens with zero attached hydrogens (tertiary/aromatic N) is 1. The summed E-state index contributed by atoms with van der Waals surface area (Å²) in [5.74, 6) is -0.319. The number of carbonyl (C=O) groups is 1. The normalized spacial score (nSPS) is 12.3. The van der Waals surface area contributed by atoms with E-state index in [1.807, 2.05) is 20.8 Å². The molecule has 0 bridgehead atoms. The Bertz CT molecular complexity index is 169. The first kappa shape index (κ1) is 9.96. The zero-order valence-electron chi connectivity index (χ0n) is 7.13. The molecule has 11 heavy (non-hydrogen) atoms. The Hall–Kier alpha value is -1.04. The van der Waals surface area contributed by atoms with Gasteiger partial charge in [0.1, 0.15) is 0 Å².